The van der Waals surface area contributed by atoms with Gasteiger partial charge >= 0.3 is 0 Å². The van der Waals surface area contributed by atoms with E-state index in [4.69, 9.17) is 16.1 Å². The zero-order valence-corrected chi connectivity index (χ0v) is 19.1. The van der Waals surface area contributed by atoms with E-state index in [-0.39, 0.29) is 11.5 Å². The zero-order valence-electron chi connectivity index (χ0n) is 19.1. The average Bonchev–Trinajstić information content (AvgIpc) is 3.58. The molecule has 0 radical (unpaired) electrons. The van der Waals surface area contributed by atoms with Crippen molar-refractivity contribution in [3.05, 3.63) is 77.7 Å². The van der Waals surface area contributed by atoms with Gasteiger partial charge in [0, 0.05) is 41.5 Å². The van der Waals surface area contributed by atoms with Gasteiger partial charge in [-0.1, -0.05) is 30.3 Å². The highest BCUT2D eigenvalue weighted by molar-refractivity contribution is 6.17. The number of rotatable bonds is 6. The number of para-hydroxylation sites is 1. The van der Waals surface area contributed by atoms with Gasteiger partial charge in [0.2, 0.25) is 0 Å². The molecule has 6 rings (SSSR count). The zero-order chi connectivity index (χ0) is 23.8. The topological polar surface area (TPSA) is 132 Å². The number of nitrogens with two attached hydrogens (primary N) is 1. The number of H-pyrrole nitrogens is 1. The molecule has 2 aromatic carbocycles. The molecule has 0 aliphatic carbocycles. The van der Waals surface area contributed by atoms with Crippen LogP contribution in [0.2, 0.25) is 0 Å². The van der Waals surface area contributed by atoms with Crippen LogP contribution < -0.4 is 16.0 Å². The van der Waals surface area contributed by atoms with Crippen molar-refractivity contribution in [1.29, 1.82) is 5.41 Å². The van der Waals surface area contributed by atoms with Crippen LogP contribution in [0.3, 0.4) is 0 Å². The van der Waals surface area contributed by atoms with Crippen molar-refractivity contribution in [2.24, 2.45) is 0 Å². The first-order valence-corrected chi connectivity index (χ1v) is 11.7. The molecule has 0 spiro atoms. The van der Waals surface area contributed by atoms with E-state index in [0.29, 0.717) is 23.5 Å². The summed E-state index contributed by atoms with van der Waals surface area (Å²) in [4.78, 5) is 15.9. The Morgan fingerprint density at radius 1 is 1.06 bits per heavy atom. The summed E-state index contributed by atoms with van der Waals surface area (Å²) in [5.41, 5.74) is 10.6. The molecule has 0 bridgehead atoms. The van der Waals surface area contributed by atoms with Gasteiger partial charge in [-0.3, -0.25) is 10.5 Å². The van der Waals surface area contributed by atoms with Crippen molar-refractivity contribution < 1.29 is 0 Å². The normalized spacial score (nSPS) is 13.5. The number of pyridine rings is 1. The first kappa shape index (κ1) is 21.0. The summed E-state index contributed by atoms with van der Waals surface area (Å²) in [7, 11) is 0. The largest absolute Gasteiger partial charge is 0.383 e. The first-order chi connectivity index (χ1) is 17.2. The maximum Gasteiger partial charge on any atom is 0.141 e. The number of hydrogen-bond acceptors (Lipinski definition) is 8. The lowest BCUT2D eigenvalue weighted by molar-refractivity contribution is 0.921. The molecule has 5 aromatic rings. The maximum atomic E-state index is 8.90. The number of anilines is 3. The van der Waals surface area contributed by atoms with Crippen LogP contribution in [0.1, 0.15) is 29.5 Å². The van der Waals surface area contributed by atoms with E-state index in [1.807, 2.05) is 36.4 Å². The second-order valence-corrected chi connectivity index (χ2v) is 8.74. The summed E-state index contributed by atoms with van der Waals surface area (Å²) < 4.78 is 0. The van der Waals surface area contributed by atoms with Gasteiger partial charge in [-0.2, -0.15) is 5.10 Å². The molecule has 1 aliphatic rings. The van der Waals surface area contributed by atoms with Crippen molar-refractivity contribution in [3.8, 4) is 0 Å². The molecule has 9 heteroatoms. The van der Waals surface area contributed by atoms with Crippen LogP contribution in [-0.4, -0.2) is 44.0 Å². The fourth-order valence-electron chi connectivity index (χ4n) is 4.68. The van der Waals surface area contributed by atoms with E-state index in [0.717, 1.165) is 46.3 Å². The quantitative estimate of drug-likeness (QED) is 0.279. The minimum absolute atomic E-state index is 0.249. The number of hydrogen-bond donors (Lipinski definition) is 4. The average molecular weight is 464 g/mol. The Morgan fingerprint density at radius 3 is 2.80 bits per heavy atom. The van der Waals surface area contributed by atoms with Crippen LogP contribution in [0.15, 0.2) is 61.1 Å². The second-order valence-electron chi connectivity index (χ2n) is 8.74. The molecule has 0 amide bonds. The molecule has 1 saturated heterocycles. The third-order valence-electron chi connectivity index (χ3n) is 6.49. The number of aromatic amines is 1. The molecule has 9 nitrogen and oxygen atoms in total. The van der Waals surface area contributed by atoms with Gasteiger partial charge in [0.25, 0.3) is 0 Å². The van der Waals surface area contributed by atoms with Gasteiger partial charge in [-0.25, -0.2) is 15.0 Å². The lowest BCUT2D eigenvalue weighted by Gasteiger charge is -2.22. The number of aromatic nitrogens is 5. The van der Waals surface area contributed by atoms with Crippen LogP contribution in [0.25, 0.3) is 21.8 Å². The summed E-state index contributed by atoms with van der Waals surface area (Å²) in [5.74, 6) is 1.78. The highest BCUT2D eigenvalue weighted by Crippen LogP contribution is 2.29. The smallest absolute Gasteiger partial charge is 0.141 e. The molecule has 1 aliphatic heterocycles. The molecule has 4 heterocycles. The SMILES string of the molecule is N=C(c1ccc2cn[nH]c2c1)c1c(N)ncnc1NCc1cc2ccccc2nc1N1CCCC1. The third-order valence-corrected chi connectivity index (χ3v) is 6.49. The summed E-state index contributed by atoms with van der Waals surface area (Å²) in [6, 6.07) is 16.1. The van der Waals surface area contributed by atoms with E-state index in [9.17, 15) is 0 Å². The number of fused-ring (bicyclic) bond motifs is 2. The molecule has 0 unspecified atom stereocenters. The standard InChI is InChI=1S/C26H25N9/c27-23(17-7-8-18-14-32-34-21(18)12-17)22-24(28)30-15-31-25(22)29-13-19-11-16-5-1-2-6-20(16)33-26(19)35-9-3-4-10-35/h1-2,5-8,11-12,14-15,27H,3-4,9-10,13H2,(H,32,34)(H3,28,29,30,31). The van der Waals surface area contributed by atoms with Crippen LogP contribution in [0.4, 0.5) is 17.5 Å². The van der Waals surface area contributed by atoms with E-state index < -0.39 is 0 Å². The molecule has 0 saturated carbocycles. The van der Waals surface area contributed by atoms with Gasteiger partial charge in [0.05, 0.1) is 28.5 Å². The van der Waals surface area contributed by atoms with Crippen molar-refractivity contribution in [2.75, 3.05) is 29.0 Å². The van der Waals surface area contributed by atoms with Crippen molar-refractivity contribution >= 4 is 45.0 Å². The molecule has 1 fully saturated rings. The third kappa shape index (κ3) is 3.90. The molecule has 3 aromatic heterocycles. The summed E-state index contributed by atoms with van der Waals surface area (Å²) in [6.45, 7) is 2.51. The Hall–Kier alpha value is -4.53. The van der Waals surface area contributed by atoms with Gasteiger partial charge in [-0.15, -0.1) is 0 Å². The van der Waals surface area contributed by atoms with Crippen molar-refractivity contribution in [3.63, 3.8) is 0 Å². The number of nitrogens with zero attached hydrogens (tertiary/aromatic N) is 5. The lowest BCUT2D eigenvalue weighted by atomic mass is 10.0. The van der Waals surface area contributed by atoms with Crippen LogP contribution in [0, 0.1) is 5.41 Å². The van der Waals surface area contributed by atoms with Gasteiger partial charge in [0.1, 0.15) is 23.8 Å². The Balaban J connectivity index is 1.35. The Labute approximate surface area is 201 Å². The van der Waals surface area contributed by atoms with Crippen LogP contribution >= 0.6 is 0 Å². The minimum atomic E-state index is 0.249. The molecular weight excluding hydrogens is 438 g/mol. The molecule has 174 valence electrons. The molecular formula is C26H25N9. The number of nitrogens with one attached hydrogen (secondary N) is 3. The van der Waals surface area contributed by atoms with Gasteiger partial charge < -0.3 is 16.0 Å². The van der Waals surface area contributed by atoms with Crippen LogP contribution in [0.5, 0.6) is 0 Å². The fourth-order valence-corrected chi connectivity index (χ4v) is 4.68. The van der Waals surface area contributed by atoms with Crippen molar-refractivity contribution in [2.45, 2.75) is 19.4 Å². The Morgan fingerprint density at radius 2 is 1.91 bits per heavy atom. The number of nitrogen functional groups attached to an aromatic ring is 1. The van der Waals surface area contributed by atoms with E-state index in [1.54, 1.807) is 6.20 Å². The Kier molecular flexibility index (Phi) is 5.21. The maximum absolute atomic E-state index is 8.90. The summed E-state index contributed by atoms with van der Waals surface area (Å²) in [5, 5.41) is 21.4. The summed E-state index contributed by atoms with van der Waals surface area (Å²) >= 11 is 0. The first-order valence-electron chi connectivity index (χ1n) is 11.7. The number of benzene rings is 2. The molecule has 0 atom stereocenters. The van der Waals surface area contributed by atoms with Crippen molar-refractivity contribution in [1.82, 2.24) is 25.1 Å². The monoisotopic (exact) mass is 463 g/mol. The predicted molar refractivity (Wildman–Crippen MR) is 139 cm³/mol. The second kappa shape index (κ2) is 8.68. The molecule has 5 N–H and O–H groups in total. The van der Waals surface area contributed by atoms with E-state index >= 15 is 0 Å². The van der Waals surface area contributed by atoms with Gasteiger partial charge in [-0.05, 0) is 31.0 Å². The molecule has 35 heavy (non-hydrogen) atoms. The Bertz CT molecular complexity index is 1550. The highest BCUT2D eigenvalue weighted by atomic mass is 15.2. The van der Waals surface area contributed by atoms with E-state index in [1.165, 1.54) is 19.2 Å². The van der Waals surface area contributed by atoms with Gasteiger partial charge in [0.15, 0.2) is 0 Å². The minimum Gasteiger partial charge on any atom is -0.383 e. The van der Waals surface area contributed by atoms with E-state index in [2.05, 4.69) is 42.5 Å². The summed E-state index contributed by atoms with van der Waals surface area (Å²) in [6.07, 6.45) is 5.52. The predicted octanol–water partition coefficient (Wildman–Crippen LogP) is 4.11. The van der Waals surface area contributed by atoms with Crippen LogP contribution in [-0.2, 0) is 6.54 Å². The lowest BCUT2D eigenvalue weighted by Crippen LogP contribution is -2.22. The highest BCUT2D eigenvalue weighted by Gasteiger charge is 2.20. The fraction of sp³-hybridized carbons (Fsp3) is 0.192.